The number of rotatable bonds is 4. The van der Waals surface area contributed by atoms with Gasteiger partial charge in [0.05, 0.1) is 5.69 Å². The van der Waals surface area contributed by atoms with Crippen molar-refractivity contribution in [1.29, 1.82) is 0 Å². The van der Waals surface area contributed by atoms with Crippen molar-refractivity contribution >= 4 is 12.0 Å². The maximum Gasteiger partial charge on any atom is 0.152 e. The molecular formula is C15H21FN2O. The first-order chi connectivity index (χ1) is 9.11. The molecule has 104 valence electrons. The fraction of sp³-hybridized carbons (Fsp3) is 0.533. The molecule has 0 bridgehead atoms. The van der Waals surface area contributed by atoms with Crippen LogP contribution in [0.2, 0.25) is 0 Å². The second-order valence-electron chi connectivity index (χ2n) is 5.49. The van der Waals surface area contributed by atoms with Crippen LogP contribution in [0.3, 0.4) is 0 Å². The van der Waals surface area contributed by atoms with Crippen molar-refractivity contribution in [3.63, 3.8) is 0 Å². The minimum atomic E-state index is -0.296. The molecule has 0 N–H and O–H groups in total. The molecule has 0 radical (unpaired) electrons. The van der Waals surface area contributed by atoms with Gasteiger partial charge in [0.25, 0.3) is 0 Å². The minimum Gasteiger partial charge on any atom is -0.369 e. The van der Waals surface area contributed by atoms with Crippen LogP contribution in [0.4, 0.5) is 10.1 Å². The van der Waals surface area contributed by atoms with Crippen LogP contribution < -0.4 is 4.90 Å². The largest absolute Gasteiger partial charge is 0.369 e. The lowest BCUT2D eigenvalue weighted by Gasteiger charge is -2.35. The quantitative estimate of drug-likeness (QED) is 0.780. The van der Waals surface area contributed by atoms with Gasteiger partial charge in [-0.3, -0.25) is 4.79 Å². The van der Waals surface area contributed by atoms with E-state index >= 15 is 0 Å². The van der Waals surface area contributed by atoms with Crippen LogP contribution >= 0.6 is 0 Å². The lowest BCUT2D eigenvalue weighted by molar-refractivity contribution is 0.112. The molecule has 1 heterocycles. The van der Waals surface area contributed by atoms with Crippen LogP contribution in [0.15, 0.2) is 18.2 Å². The van der Waals surface area contributed by atoms with Crippen molar-refractivity contribution in [3.8, 4) is 0 Å². The average molecular weight is 264 g/mol. The van der Waals surface area contributed by atoms with Crippen molar-refractivity contribution in [2.75, 3.05) is 38.6 Å². The summed E-state index contributed by atoms with van der Waals surface area (Å²) in [6, 6.07) is 4.69. The molecule has 0 aliphatic carbocycles. The molecule has 0 aromatic heterocycles. The van der Waals surface area contributed by atoms with E-state index in [9.17, 15) is 9.18 Å². The van der Waals surface area contributed by atoms with E-state index in [4.69, 9.17) is 0 Å². The summed E-state index contributed by atoms with van der Waals surface area (Å²) in [4.78, 5) is 15.2. The second kappa shape index (κ2) is 6.15. The summed E-state index contributed by atoms with van der Waals surface area (Å²) in [6.45, 7) is 2.71. The number of benzene rings is 1. The van der Waals surface area contributed by atoms with Gasteiger partial charge in [-0.15, -0.1) is 0 Å². The molecule has 1 aromatic carbocycles. The highest BCUT2D eigenvalue weighted by Gasteiger charge is 2.23. The third-order valence-corrected chi connectivity index (χ3v) is 3.70. The Balaban J connectivity index is 2.07. The number of hydrogen-bond donors (Lipinski definition) is 0. The van der Waals surface area contributed by atoms with Crippen LogP contribution in [0.1, 0.15) is 23.2 Å². The number of nitrogens with zero attached hydrogens (tertiary/aromatic N) is 2. The standard InChI is InChI=1S/C15H21FN2O/c1-17(2)10-12-6-8-18(9-7-12)15-13(11-19)4-3-5-14(15)16/h3-5,11-12H,6-10H2,1-2H3. The van der Waals surface area contributed by atoms with Gasteiger partial charge in [0.2, 0.25) is 0 Å². The molecule has 19 heavy (non-hydrogen) atoms. The van der Waals surface area contributed by atoms with Gasteiger partial charge in [0.1, 0.15) is 5.82 Å². The molecule has 1 aromatic rings. The zero-order chi connectivity index (χ0) is 13.8. The Morgan fingerprint density at radius 2 is 2.05 bits per heavy atom. The Morgan fingerprint density at radius 1 is 1.37 bits per heavy atom. The summed E-state index contributed by atoms with van der Waals surface area (Å²) in [5, 5.41) is 0. The lowest BCUT2D eigenvalue weighted by Crippen LogP contribution is -2.38. The van der Waals surface area contributed by atoms with Gasteiger partial charge in [-0.05, 0) is 45.0 Å². The fourth-order valence-corrected chi connectivity index (χ4v) is 2.82. The molecule has 2 rings (SSSR count). The number of piperidine rings is 1. The Hall–Kier alpha value is -1.42. The zero-order valence-corrected chi connectivity index (χ0v) is 11.6. The fourth-order valence-electron chi connectivity index (χ4n) is 2.82. The van der Waals surface area contributed by atoms with Gasteiger partial charge >= 0.3 is 0 Å². The highest BCUT2D eigenvalue weighted by molar-refractivity contribution is 5.84. The zero-order valence-electron chi connectivity index (χ0n) is 11.6. The summed E-state index contributed by atoms with van der Waals surface area (Å²) < 4.78 is 13.9. The van der Waals surface area contributed by atoms with E-state index in [-0.39, 0.29) is 5.82 Å². The molecule has 1 aliphatic rings. The summed E-state index contributed by atoms with van der Waals surface area (Å²) in [5.74, 6) is 0.369. The third-order valence-electron chi connectivity index (χ3n) is 3.70. The number of para-hydroxylation sites is 1. The van der Waals surface area contributed by atoms with Gasteiger partial charge < -0.3 is 9.80 Å². The highest BCUT2D eigenvalue weighted by atomic mass is 19.1. The summed E-state index contributed by atoms with van der Waals surface area (Å²) in [6.07, 6.45) is 2.83. The van der Waals surface area contributed by atoms with E-state index in [1.165, 1.54) is 6.07 Å². The summed E-state index contributed by atoms with van der Waals surface area (Å²) in [7, 11) is 4.15. The van der Waals surface area contributed by atoms with Crippen LogP contribution in [-0.2, 0) is 0 Å². The van der Waals surface area contributed by atoms with Crippen LogP contribution in [-0.4, -0.2) is 44.9 Å². The SMILES string of the molecule is CN(C)CC1CCN(c2c(F)cccc2C=O)CC1. The van der Waals surface area contributed by atoms with Crippen molar-refractivity contribution in [2.24, 2.45) is 5.92 Å². The van der Waals surface area contributed by atoms with Gasteiger partial charge in [-0.2, -0.15) is 0 Å². The lowest BCUT2D eigenvalue weighted by atomic mass is 9.95. The molecule has 4 heteroatoms. The van der Waals surface area contributed by atoms with Crippen LogP contribution in [0, 0.1) is 11.7 Å². The highest BCUT2D eigenvalue weighted by Crippen LogP contribution is 2.28. The van der Waals surface area contributed by atoms with E-state index in [1.807, 2.05) is 4.90 Å². The molecule has 3 nitrogen and oxygen atoms in total. The number of halogens is 1. The first-order valence-corrected chi connectivity index (χ1v) is 6.75. The molecule has 1 aliphatic heterocycles. The first-order valence-electron chi connectivity index (χ1n) is 6.75. The molecule has 1 saturated heterocycles. The Bertz CT molecular complexity index is 440. The molecular weight excluding hydrogens is 243 g/mol. The monoisotopic (exact) mass is 264 g/mol. The van der Waals surface area contributed by atoms with E-state index in [1.54, 1.807) is 12.1 Å². The maximum absolute atomic E-state index is 13.9. The molecule has 0 amide bonds. The van der Waals surface area contributed by atoms with Gasteiger partial charge in [-0.25, -0.2) is 4.39 Å². The maximum atomic E-state index is 13.9. The van der Waals surface area contributed by atoms with Crippen molar-refractivity contribution in [2.45, 2.75) is 12.8 Å². The van der Waals surface area contributed by atoms with Gasteiger partial charge in [0, 0.05) is 25.2 Å². The smallest absolute Gasteiger partial charge is 0.152 e. The van der Waals surface area contributed by atoms with Gasteiger partial charge in [-0.1, -0.05) is 6.07 Å². The van der Waals surface area contributed by atoms with Crippen LogP contribution in [0.25, 0.3) is 0 Å². The Labute approximate surface area is 114 Å². The number of carbonyl (C=O) groups is 1. The van der Waals surface area contributed by atoms with E-state index in [0.29, 0.717) is 17.2 Å². The topological polar surface area (TPSA) is 23.6 Å². The normalized spacial score (nSPS) is 16.9. The number of anilines is 1. The van der Waals surface area contributed by atoms with Crippen molar-refractivity contribution in [3.05, 3.63) is 29.6 Å². The summed E-state index contributed by atoms with van der Waals surface area (Å²) in [5.41, 5.74) is 0.923. The third kappa shape index (κ3) is 3.32. The van der Waals surface area contributed by atoms with Crippen molar-refractivity contribution < 1.29 is 9.18 Å². The number of hydrogen-bond acceptors (Lipinski definition) is 3. The Morgan fingerprint density at radius 3 is 2.63 bits per heavy atom. The van der Waals surface area contributed by atoms with Gasteiger partial charge in [0.15, 0.2) is 6.29 Å². The molecule has 1 fully saturated rings. The first kappa shape index (κ1) is 14.0. The molecule has 0 saturated carbocycles. The second-order valence-corrected chi connectivity index (χ2v) is 5.49. The molecule has 0 atom stereocenters. The van der Waals surface area contributed by atoms with Crippen LogP contribution in [0.5, 0.6) is 0 Å². The summed E-state index contributed by atoms with van der Waals surface area (Å²) >= 11 is 0. The van der Waals surface area contributed by atoms with E-state index < -0.39 is 0 Å². The number of aldehydes is 1. The predicted molar refractivity (Wildman–Crippen MR) is 75.3 cm³/mol. The van der Waals surface area contributed by atoms with Crippen molar-refractivity contribution in [1.82, 2.24) is 4.90 Å². The predicted octanol–water partition coefficient (Wildman–Crippen LogP) is 2.42. The molecule has 0 spiro atoms. The molecule has 0 unspecified atom stereocenters. The minimum absolute atomic E-state index is 0.296. The average Bonchev–Trinajstić information content (AvgIpc) is 2.39. The Kier molecular flexibility index (Phi) is 4.53. The van der Waals surface area contributed by atoms with E-state index in [2.05, 4.69) is 19.0 Å². The van der Waals surface area contributed by atoms with E-state index in [0.717, 1.165) is 38.8 Å². The number of carbonyl (C=O) groups excluding carboxylic acids is 1.